The molecule has 0 aromatic carbocycles. The van der Waals surface area contributed by atoms with Crippen LogP contribution in [0.1, 0.15) is 59.3 Å². The van der Waals surface area contributed by atoms with E-state index in [1.54, 1.807) is 6.08 Å². The summed E-state index contributed by atoms with van der Waals surface area (Å²) >= 11 is 0. The van der Waals surface area contributed by atoms with Crippen molar-refractivity contribution in [3.8, 4) is 0 Å². The molecule has 3 fully saturated rings. The maximum atomic E-state index is 12.0. The van der Waals surface area contributed by atoms with E-state index in [-0.39, 0.29) is 22.8 Å². The van der Waals surface area contributed by atoms with Crippen molar-refractivity contribution in [2.75, 3.05) is 0 Å². The summed E-state index contributed by atoms with van der Waals surface area (Å²) in [6.07, 6.45) is 9.92. The number of carbonyl (C=O) groups excluding carboxylic acids is 1. The number of nitrogens with one attached hydrogen (secondary N) is 1. The van der Waals surface area contributed by atoms with E-state index in [4.69, 9.17) is 0 Å². The first kappa shape index (κ1) is 16.2. The first-order chi connectivity index (χ1) is 11.2. The van der Waals surface area contributed by atoms with Gasteiger partial charge in [-0.2, -0.15) is 0 Å². The third-order valence-electron chi connectivity index (χ3n) is 8.76. The van der Waals surface area contributed by atoms with Crippen LogP contribution in [0, 0.1) is 34.0 Å². The molecule has 1 heterocycles. The summed E-state index contributed by atoms with van der Waals surface area (Å²) < 4.78 is 0. The minimum absolute atomic E-state index is 0.0281. The van der Waals surface area contributed by atoms with Crippen molar-refractivity contribution in [1.29, 1.82) is 0 Å². The number of hydrogen-bond acceptors (Lipinski definition) is 2. The molecule has 0 saturated heterocycles. The van der Waals surface area contributed by atoms with Crippen LogP contribution in [-0.2, 0) is 9.59 Å². The van der Waals surface area contributed by atoms with Crippen molar-refractivity contribution in [2.45, 2.75) is 65.3 Å². The molecule has 1 amide bonds. The first-order valence-electron chi connectivity index (χ1n) is 9.45. The third kappa shape index (κ3) is 1.80. The number of carbonyl (C=O) groups is 2. The maximum absolute atomic E-state index is 12.0. The van der Waals surface area contributed by atoms with Crippen LogP contribution in [0.15, 0.2) is 12.2 Å². The Morgan fingerprint density at radius 1 is 1.12 bits per heavy atom. The number of carboxylic acid groups (broad SMARTS) is 1. The molecule has 1 aliphatic heterocycles. The largest absolute Gasteiger partial charge is 0.481 e. The molecule has 4 nitrogen and oxygen atoms in total. The van der Waals surface area contributed by atoms with E-state index in [1.807, 2.05) is 6.92 Å². The normalized spacial score (nSPS) is 52.9. The number of aliphatic carboxylic acids is 1. The van der Waals surface area contributed by atoms with Crippen LogP contribution in [-0.4, -0.2) is 23.0 Å². The lowest BCUT2D eigenvalue weighted by atomic mass is 9.46. The predicted molar refractivity (Wildman–Crippen MR) is 91.2 cm³/mol. The molecule has 4 rings (SSSR count). The molecule has 132 valence electrons. The lowest BCUT2D eigenvalue weighted by Gasteiger charge is -2.59. The van der Waals surface area contributed by atoms with Crippen LogP contribution in [0.2, 0.25) is 0 Å². The smallest absolute Gasteiger partial charge is 0.309 e. The lowest BCUT2D eigenvalue weighted by Crippen LogP contribution is -2.60. The second-order valence-corrected chi connectivity index (χ2v) is 9.35. The average Bonchev–Trinajstić information content (AvgIpc) is 2.81. The molecular weight excluding hydrogens is 302 g/mol. The summed E-state index contributed by atoms with van der Waals surface area (Å²) in [6.45, 7) is 6.52. The zero-order chi connectivity index (χ0) is 17.3. The van der Waals surface area contributed by atoms with Gasteiger partial charge in [-0.3, -0.25) is 9.59 Å². The van der Waals surface area contributed by atoms with E-state index in [1.165, 1.54) is 0 Å². The fraction of sp³-hybridized carbons (Fsp3) is 0.800. The summed E-state index contributed by atoms with van der Waals surface area (Å²) in [4.78, 5) is 23.8. The Kier molecular flexibility index (Phi) is 3.27. The van der Waals surface area contributed by atoms with Crippen LogP contribution in [0.3, 0.4) is 0 Å². The standard InChI is InChI=1S/C20H29NO3/c1-18-9-8-16(22)21-15(18)5-4-12-13(18)6-10-19(2)14(12)7-11-20(19,3)17(23)24/h8-9,12-15H,4-7,10-11H2,1-3H3,(H,21,22)(H,23,24)/t12-,13-,14+,15?,18-,19+,20?/m1/s1. The van der Waals surface area contributed by atoms with Gasteiger partial charge in [-0.1, -0.05) is 19.9 Å². The second-order valence-electron chi connectivity index (χ2n) is 9.35. The Morgan fingerprint density at radius 3 is 2.54 bits per heavy atom. The monoisotopic (exact) mass is 331 g/mol. The van der Waals surface area contributed by atoms with Gasteiger partial charge in [-0.05, 0) is 74.7 Å². The van der Waals surface area contributed by atoms with Crippen LogP contribution in [0.5, 0.6) is 0 Å². The van der Waals surface area contributed by atoms with Crippen molar-refractivity contribution in [3.05, 3.63) is 12.2 Å². The van der Waals surface area contributed by atoms with Gasteiger partial charge in [0.1, 0.15) is 0 Å². The SMILES string of the molecule is CC1(C(=O)O)CC[C@H]2[C@@H]3CCC4NC(=O)C=C[C@]4(C)[C@@H]3CC[C@@]21C. The Labute approximate surface area is 144 Å². The Balaban J connectivity index is 1.69. The van der Waals surface area contributed by atoms with E-state index in [2.05, 4.69) is 25.2 Å². The zero-order valence-corrected chi connectivity index (χ0v) is 15.0. The third-order valence-corrected chi connectivity index (χ3v) is 8.76. The van der Waals surface area contributed by atoms with Gasteiger partial charge in [0.25, 0.3) is 0 Å². The number of rotatable bonds is 1. The number of hydrogen-bond donors (Lipinski definition) is 2. The van der Waals surface area contributed by atoms with Gasteiger partial charge in [0.15, 0.2) is 0 Å². The predicted octanol–water partition coefficient (Wildman–Crippen LogP) is 3.37. The van der Waals surface area contributed by atoms with Gasteiger partial charge >= 0.3 is 5.97 Å². The van der Waals surface area contributed by atoms with E-state index in [0.29, 0.717) is 17.8 Å². The Morgan fingerprint density at radius 2 is 1.83 bits per heavy atom. The summed E-state index contributed by atoms with van der Waals surface area (Å²) in [5.41, 5.74) is -0.651. The molecule has 4 aliphatic rings. The molecule has 0 radical (unpaired) electrons. The molecule has 2 unspecified atom stereocenters. The first-order valence-corrected chi connectivity index (χ1v) is 9.45. The average molecular weight is 331 g/mol. The van der Waals surface area contributed by atoms with Crippen molar-refractivity contribution >= 4 is 11.9 Å². The molecule has 0 aromatic heterocycles. The summed E-state index contributed by atoms with van der Waals surface area (Å²) in [5, 5.41) is 13.1. The molecule has 3 aliphatic carbocycles. The molecule has 3 saturated carbocycles. The number of amides is 1. The fourth-order valence-corrected chi connectivity index (χ4v) is 6.95. The highest BCUT2D eigenvalue weighted by Gasteiger charge is 2.65. The topological polar surface area (TPSA) is 66.4 Å². The van der Waals surface area contributed by atoms with Gasteiger partial charge < -0.3 is 10.4 Å². The van der Waals surface area contributed by atoms with Gasteiger partial charge in [-0.15, -0.1) is 0 Å². The summed E-state index contributed by atoms with van der Waals surface area (Å²) in [7, 11) is 0. The maximum Gasteiger partial charge on any atom is 0.309 e. The highest BCUT2D eigenvalue weighted by Crippen LogP contribution is 2.68. The van der Waals surface area contributed by atoms with E-state index in [9.17, 15) is 14.7 Å². The number of fused-ring (bicyclic) bond motifs is 5. The zero-order valence-electron chi connectivity index (χ0n) is 15.0. The minimum Gasteiger partial charge on any atom is -0.481 e. The number of carboxylic acids is 1. The quantitative estimate of drug-likeness (QED) is 0.774. The highest BCUT2D eigenvalue weighted by molar-refractivity contribution is 5.89. The molecule has 0 bridgehead atoms. The van der Waals surface area contributed by atoms with Crippen LogP contribution in [0.25, 0.3) is 0 Å². The van der Waals surface area contributed by atoms with Crippen LogP contribution < -0.4 is 5.32 Å². The molecule has 0 aromatic rings. The van der Waals surface area contributed by atoms with E-state index >= 15 is 0 Å². The fourth-order valence-electron chi connectivity index (χ4n) is 6.95. The Bertz CT molecular complexity index is 628. The second kappa shape index (κ2) is 4.86. The summed E-state index contributed by atoms with van der Waals surface area (Å²) in [6, 6.07) is 0.243. The molecule has 4 heteroatoms. The van der Waals surface area contributed by atoms with Crippen molar-refractivity contribution < 1.29 is 14.7 Å². The van der Waals surface area contributed by atoms with Crippen molar-refractivity contribution in [3.63, 3.8) is 0 Å². The lowest BCUT2D eigenvalue weighted by molar-refractivity contribution is -0.162. The van der Waals surface area contributed by atoms with Crippen LogP contribution in [0.4, 0.5) is 0 Å². The minimum atomic E-state index is -0.615. The van der Waals surface area contributed by atoms with Crippen LogP contribution >= 0.6 is 0 Å². The molecule has 2 N–H and O–H groups in total. The van der Waals surface area contributed by atoms with Gasteiger partial charge in [-0.25, -0.2) is 0 Å². The van der Waals surface area contributed by atoms with E-state index in [0.717, 1.165) is 38.5 Å². The molecule has 0 spiro atoms. The van der Waals surface area contributed by atoms with Gasteiger partial charge in [0.2, 0.25) is 5.91 Å². The molecule has 24 heavy (non-hydrogen) atoms. The molecule has 7 atom stereocenters. The molecular formula is C20H29NO3. The van der Waals surface area contributed by atoms with E-state index < -0.39 is 11.4 Å². The van der Waals surface area contributed by atoms with Crippen molar-refractivity contribution in [1.82, 2.24) is 5.32 Å². The summed E-state index contributed by atoms with van der Waals surface area (Å²) in [5.74, 6) is 1.07. The van der Waals surface area contributed by atoms with Gasteiger partial charge in [0.05, 0.1) is 5.41 Å². The van der Waals surface area contributed by atoms with Gasteiger partial charge in [0, 0.05) is 11.5 Å². The highest BCUT2D eigenvalue weighted by atomic mass is 16.4. The van der Waals surface area contributed by atoms with Crippen molar-refractivity contribution in [2.24, 2.45) is 34.0 Å². The Hall–Kier alpha value is -1.32.